The summed E-state index contributed by atoms with van der Waals surface area (Å²) >= 11 is 0. The lowest BCUT2D eigenvalue weighted by Crippen LogP contribution is -2.41. The van der Waals surface area contributed by atoms with Gasteiger partial charge in [0.15, 0.2) is 0 Å². The van der Waals surface area contributed by atoms with Crippen LogP contribution in [0.4, 0.5) is 0 Å². The topological polar surface area (TPSA) is 57.6 Å². The number of rotatable bonds is 1. The van der Waals surface area contributed by atoms with Crippen LogP contribution in [0.15, 0.2) is 0 Å². The van der Waals surface area contributed by atoms with Gasteiger partial charge in [-0.3, -0.25) is 0 Å². The molecule has 1 saturated carbocycles. The third-order valence-electron chi connectivity index (χ3n) is 3.16. The standard InChI is InChI=1S/C9H17NO3S/c1-7-5-10(14(12,13)6-7)8-3-2-4-9(8)11/h7-9,11H,2-6H2,1H3. The molecule has 0 radical (unpaired) electrons. The van der Waals surface area contributed by atoms with E-state index in [-0.39, 0.29) is 17.7 Å². The summed E-state index contributed by atoms with van der Waals surface area (Å²) in [6.45, 7) is 2.53. The molecule has 2 fully saturated rings. The number of nitrogens with zero attached hydrogens (tertiary/aromatic N) is 1. The van der Waals surface area contributed by atoms with Gasteiger partial charge in [0, 0.05) is 6.54 Å². The van der Waals surface area contributed by atoms with Gasteiger partial charge in [-0.25, -0.2) is 8.42 Å². The number of hydrogen-bond donors (Lipinski definition) is 1. The number of aliphatic hydroxyl groups excluding tert-OH is 1. The van der Waals surface area contributed by atoms with E-state index >= 15 is 0 Å². The first-order chi connectivity index (χ1) is 6.50. The van der Waals surface area contributed by atoms with Crippen molar-refractivity contribution in [2.24, 2.45) is 5.92 Å². The van der Waals surface area contributed by atoms with Crippen molar-refractivity contribution in [1.82, 2.24) is 4.31 Å². The van der Waals surface area contributed by atoms with Gasteiger partial charge >= 0.3 is 0 Å². The van der Waals surface area contributed by atoms with Crippen LogP contribution >= 0.6 is 0 Å². The van der Waals surface area contributed by atoms with Gasteiger partial charge in [-0.05, 0) is 25.2 Å². The summed E-state index contributed by atoms with van der Waals surface area (Å²) in [7, 11) is -3.08. The minimum Gasteiger partial charge on any atom is -0.391 e. The summed E-state index contributed by atoms with van der Waals surface area (Å²) in [4.78, 5) is 0. The molecule has 0 amide bonds. The Balaban J connectivity index is 2.18. The Morgan fingerprint density at radius 3 is 2.50 bits per heavy atom. The summed E-state index contributed by atoms with van der Waals surface area (Å²) < 4.78 is 25.0. The molecule has 2 rings (SSSR count). The SMILES string of the molecule is CC1CN(C2CCCC2O)S(=O)(=O)C1. The fraction of sp³-hybridized carbons (Fsp3) is 1.00. The fourth-order valence-corrected chi connectivity index (χ4v) is 4.68. The molecule has 0 spiro atoms. The van der Waals surface area contributed by atoms with Crippen molar-refractivity contribution >= 4 is 10.0 Å². The van der Waals surface area contributed by atoms with Crippen molar-refractivity contribution in [2.45, 2.75) is 38.3 Å². The molecule has 1 saturated heterocycles. The predicted octanol–water partition coefficient (Wildman–Crippen LogP) is 0.181. The second-order valence-electron chi connectivity index (χ2n) is 4.52. The quantitative estimate of drug-likeness (QED) is 0.684. The Labute approximate surface area is 85.0 Å². The Morgan fingerprint density at radius 1 is 1.36 bits per heavy atom. The molecule has 5 heteroatoms. The Hall–Kier alpha value is -0.130. The highest BCUT2D eigenvalue weighted by molar-refractivity contribution is 7.89. The summed E-state index contributed by atoms with van der Waals surface area (Å²) in [5.41, 5.74) is 0. The molecule has 4 nitrogen and oxygen atoms in total. The molecule has 14 heavy (non-hydrogen) atoms. The molecule has 1 aliphatic carbocycles. The van der Waals surface area contributed by atoms with Gasteiger partial charge < -0.3 is 5.11 Å². The molecule has 1 heterocycles. The molecule has 3 atom stereocenters. The van der Waals surface area contributed by atoms with E-state index in [4.69, 9.17) is 0 Å². The van der Waals surface area contributed by atoms with E-state index in [0.29, 0.717) is 6.54 Å². The molecular formula is C9H17NO3S. The van der Waals surface area contributed by atoms with E-state index in [1.807, 2.05) is 6.92 Å². The smallest absolute Gasteiger partial charge is 0.214 e. The second-order valence-corrected chi connectivity index (χ2v) is 6.49. The second kappa shape index (κ2) is 3.47. The first-order valence-corrected chi connectivity index (χ1v) is 6.79. The van der Waals surface area contributed by atoms with E-state index in [9.17, 15) is 13.5 Å². The molecule has 82 valence electrons. The number of hydrogen-bond acceptors (Lipinski definition) is 3. The van der Waals surface area contributed by atoms with E-state index in [0.717, 1.165) is 19.3 Å². The summed E-state index contributed by atoms with van der Waals surface area (Å²) in [5, 5.41) is 9.66. The maximum Gasteiger partial charge on any atom is 0.214 e. The Morgan fingerprint density at radius 2 is 2.07 bits per heavy atom. The zero-order valence-corrected chi connectivity index (χ0v) is 9.20. The number of aliphatic hydroxyl groups is 1. The van der Waals surface area contributed by atoms with E-state index in [1.54, 1.807) is 0 Å². The summed E-state index contributed by atoms with van der Waals surface area (Å²) in [6, 6.07) is -0.148. The zero-order chi connectivity index (χ0) is 10.3. The van der Waals surface area contributed by atoms with Crippen LogP contribution in [0.5, 0.6) is 0 Å². The van der Waals surface area contributed by atoms with Gasteiger partial charge in [0.05, 0.1) is 17.9 Å². The maximum atomic E-state index is 11.7. The van der Waals surface area contributed by atoms with Crippen LogP contribution in [-0.2, 0) is 10.0 Å². The minimum atomic E-state index is -3.08. The van der Waals surface area contributed by atoms with Crippen LogP contribution in [0, 0.1) is 5.92 Å². The molecule has 2 aliphatic rings. The minimum absolute atomic E-state index is 0.148. The van der Waals surface area contributed by atoms with Gasteiger partial charge in [0.25, 0.3) is 0 Å². The van der Waals surface area contributed by atoms with Crippen molar-refractivity contribution in [3.05, 3.63) is 0 Å². The van der Waals surface area contributed by atoms with Crippen LogP contribution in [0.2, 0.25) is 0 Å². The zero-order valence-electron chi connectivity index (χ0n) is 8.39. The van der Waals surface area contributed by atoms with Gasteiger partial charge in [0.2, 0.25) is 10.0 Å². The summed E-state index contributed by atoms with van der Waals surface area (Å²) in [5.74, 6) is 0.448. The molecular weight excluding hydrogens is 202 g/mol. The van der Waals surface area contributed by atoms with Crippen LogP contribution < -0.4 is 0 Å². The molecule has 0 aromatic heterocycles. The molecule has 1 N–H and O–H groups in total. The normalized spacial score (nSPS) is 43.1. The van der Waals surface area contributed by atoms with E-state index < -0.39 is 16.1 Å². The molecule has 0 bridgehead atoms. The lowest BCUT2D eigenvalue weighted by atomic mass is 10.1. The maximum absolute atomic E-state index is 11.7. The molecule has 3 unspecified atom stereocenters. The van der Waals surface area contributed by atoms with Gasteiger partial charge in [-0.2, -0.15) is 4.31 Å². The van der Waals surface area contributed by atoms with Gasteiger partial charge in [-0.15, -0.1) is 0 Å². The van der Waals surface area contributed by atoms with Crippen molar-refractivity contribution in [1.29, 1.82) is 0 Å². The van der Waals surface area contributed by atoms with Crippen LogP contribution in [0.1, 0.15) is 26.2 Å². The average Bonchev–Trinajstić information content (AvgIpc) is 2.55. The van der Waals surface area contributed by atoms with Crippen LogP contribution in [0.3, 0.4) is 0 Å². The van der Waals surface area contributed by atoms with E-state index in [2.05, 4.69) is 0 Å². The predicted molar refractivity (Wildman–Crippen MR) is 53.3 cm³/mol. The third-order valence-corrected chi connectivity index (χ3v) is 5.28. The fourth-order valence-electron chi connectivity index (χ4n) is 2.53. The Bertz CT molecular complexity index is 314. The first kappa shape index (κ1) is 10.4. The van der Waals surface area contributed by atoms with Crippen molar-refractivity contribution < 1.29 is 13.5 Å². The largest absolute Gasteiger partial charge is 0.391 e. The summed E-state index contributed by atoms with van der Waals surface area (Å²) in [6.07, 6.45) is 2.04. The van der Waals surface area contributed by atoms with Crippen LogP contribution in [-0.4, -0.2) is 42.3 Å². The van der Waals surface area contributed by atoms with E-state index in [1.165, 1.54) is 4.31 Å². The lowest BCUT2D eigenvalue weighted by Gasteiger charge is -2.25. The third kappa shape index (κ3) is 1.68. The molecule has 1 aliphatic heterocycles. The number of sulfonamides is 1. The van der Waals surface area contributed by atoms with Crippen molar-refractivity contribution in [2.75, 3.05) is 12.3 Å². The highest BCUT2D eigenvalue weighted by Crippen LogP contribution is 2.31. The van der Waals surface area contributed by atoms with Crippen molar-refractivity contribution in [3.63, 3.8) is 0 Å². The Kier molecular flexibility index (Phi) is 2.57. The van der Waals surface area contributed by atoms with Gasteiger partial charge in [0.1, 0.15) is 0 Å². The lowest BCUT2D eigenvalue weighted by molar-refractivity contribution is 0.114. The monoisotopic (exact) mass is 219 g/mol. The average molecular weight is 219 g/mol. The first-order valence-electron chi connectivity index (χ1n) is 5.18. The van der Waals surface area contributed by atoms with Crippen LogP contribution in [0.25, 0.3) is 0 Å². The molecule has 0 aromatic rings. The highest BCUT2D eigenvalue weighted by atomic mass is 32.2. The molecule has 0 aromatic carbocycles. The highest BCUT2D eigenvalue weighted by Gasteiger charge is 2.42. The van der Waals surface area contributed by atoms with Gasteiger partial charge in [-0.1, -0.05) is 6.92 Å². The van der Waals surface area contributed by atoms with Crippen molar-refractivity contribution in [3.8, 4) is 0 Å².